The zero-order chi connectivity index (χ0) is 17.8. The highest BCUT2D eigenvalue weighted by Crippen LogP contribution is 2.24. The Hall–Kier alpha value is -1.11. The van der Waals surface area contributed by atoms with Gasteiger partial charge >= 0.3 is 0 Å². The van der Waals surface area contributed by atoms with Crippen LogP contribution in [0.3, 0.4) is 0 Å². The van der Waals surface area contributed by atoms with E-state index in [2.05, 4.69) is 10.0 Å². The van der Waals surface area contributed by atoms with Gasteiger partial charge in [0.25, 0.3) is 5.91 Å². The van der Waals surface area contributed by atoms with Gasteiger partial charge in [-0.2, -0.15) is 0 Å². The zero-order valence-electron chi connectivity index (χ0n) is 14.2. The Bertz CT molecular complexity index is 666. The smallest absolute Gasteiger partial charge is 0.251 e. The standard InChI is InChI=1S/C16H25ClN2O3S/c1-6-7-11(2)18-15(20)12-8-9-13(17)14(10-12)23(21,22)19-16(3,4)5/h8-11,19H,6-7H2,1-5H3,(H,18,20)/t11-/m0/s1. The molecule has 0 unspecified atom stereocenters. The number of benzene rings is 1. The van der Waals surface area contributed by atoms with Crippen molar-refractivity contribution in [1.29, 1.82) is 0 Å². The highest BCUT2D eigenvalue weighted by molar-refractivity contribution is 7.89. The summed E-state index contributed by atoms with van der Waals surface area (Å²) in [7, 11) is -3.81. The molecule has 0 aromatic heterocycles. The summed E-state index contributed by atoms with van der Waals surface area (Å²) in [5.41, 5.74) is -0.373. The number of halogens is 1. The lowest BCUT2D eigenvalue weighted by Gasteiger charge is -2.21. The van der Waals surface area contributed by atoms with E-state index in [-0.39, 0.29) is 27.4 Å². The van der Waals surface area contributed by atoms with Crippen LogP contribution in [0.4, 0.5) is 0 Å². The van der Waals surface area contributed by atoms with Crippen LogP contribution in [0.15, 0.2) is 23.1 Å². The number of carbonyl (C=O) groups is 1. The van der Waals surface area contributed by atoms with Crippen molar-refractivity contribution in [2.24, 2.45) is 0 Å². The molecular weight excluding hydrogens is 336 g/mol. The summed E-state index contributed by atoms with van der Waals surface area (Å²) in [5, 5.41) is 2.93. The molecule has 5 nitrogen and oxygen atoms in total. The van der Waals surface area contributed by atoms with Gasteiger partial charge in [-0.3, -0.25) is 4.79 Å². The van der Waals surface area contributed by atoms with Crippen LogP contribution < -0.4 is 10.0 Å². The van der Waals surface area contributed by atoms with E-state index in [0.717, 1.165) is 12.8 Å². The maximum absolute atomic E-state index is 12.4. The lowest BCUT2D eigenvalue weighted by atomic mass is 10.1. The van der Waals surface area contributed by atoms with E-state index in [1.165, 1.54) is 18.2 Å². The Balaban J connectivity index is 3.11. The van der Waals surface area contributed by atoms with Crippen molar-refractivity contribution in [2.75, 3.05) is 0 Å². The number of hydrogen-bond acceptors (Lipinski definition) is 3. The SMILES string of the molecule is CCC[C@H](C)NC(=O)c1ccc(Cl)c(S(=O)(=O)NC(C)(C)C)c1. The Morgan fingerprint density at radius 2 is 1.91 bits per heavy atom. The van der Waals surface area contributed by atoms with Crippen molar-refractivity contribution >= 4 is 27.5 Å². The molecule has 0 spiro atoms. The van der Waals surface area contributed by atoms with E-state index >= 15 is 0 Å². The minimum absolute atomic E-state index is 0.0240. The van der Waals surface area contributed by atoms with Crippen LogP contribution in [0.2, 0.25) is 5.02 Å². The normalized spacial score (nSPS) is 13.7. The van der Waals surface area contributed by atoms with Gasteiger partial charge in [0.05, 0.1) is 5.02 Å². The summed E-state index contributed by atoms with van der Waals surface area (Å²) in [6.45, 7) is 9.16. The molecule has 0 aliphatic heterocycles. The molecule has 1 aromatic carbocycles. The second-order valence-corrected chi connectivity index (χ2v) is 8.72. The molecule has 23 heavy (non-hydrogen) atoms. The van der Waals surface area contributed by atoms with Crippen LogP contribution in [-0.2, 0) is 10.0 Å². The van der Waals surface area contributed by atoms with Crippen LogP contribution >= 0.6 is 11.6 Å². The molecule has 0 bridgehead atoms. The van der Waals surface area contributed by atoms with E-state index in [4.69, 9.17) is 11.6 Å². The minimum atomic E-state index is -3.81. The largest absolute Gasteiger partial charge is 0.350 e. The first kappa shape index (κ1) is 19.9. The molecule has 1 amide bonds. The summed E-state index contributed by atoms with van der Waals surface area (Å²) in [4.78, 5) is 12.1. The molecule has 1 aromatic rings. The van der Waals surface area contributed by atoms with Gasteiger partial charge in [0.2, 0.25) is 10.0 Å². The molecule has 130 valence electrons. The molecule has 0 aliphatic rings. The fourth-order valence-corrected chi connectivity index (χ4v) is 4.07. The number of nitrogens with one attached hydrogen (secondary N) is 2. The molecule has 2 N–H and O–H groups in total. The summed E-state index contributed by atoms with van der Waals surface area (Å²) >= 11 is 6.02. The van der Waals surface area contributed by atoms with Crippen molar-refractivity contribution < 1.29 is 13.2 Å². The summed E-state index contributed by atoms with van der Waals surface area (Å²) < 4.78 is 27.4. The third-order valence-corrected chi connectivity index (χ3v) is 5.26. The van der Waals surface area contributed by atoms with Crippen molar-refractivity contribution in [2.45, 2.75) is 63.9 Å². The van der Waals surface area contributed by atoms with Gasteiger partial charge in [-0.25, -0.2) is 13.1 Å². The Labute approximate surface area is 143 Å². The number of rotatable bonds is 6. The first-order valence-electron chi connectivity index (χ1n) is 7.60. The predicted octanol–water partition coefficient (Wildman–Crippen LogP) is 3.34. The van der Waals surface area contributed by atoms with Crippen molar-refractivity contribution in [3.8, 4) is 0 Å². The topological polar surface area (TPSA) is 75.3 Å². The van der Waals surface area contributed by atoms with Gasteiger partial charge in [0.1, 0.15) is 4.90 Å². The Morgan fingerprint density at radius 1 is 1.30 bits per heavy atom. The van der Waals surface area contributed by atoms with E-state index in [1.54, 1.807) is 20.8 Å². The minimum Gasteiger partial charge on any atom is -0.350 e. The summed E-state index contributed by atoms with van der Waals surface area (Å²) in [6, 6.07) is 4.28. The van der Waals surface area contributed by atoms with Crippen LogP contribution in [-0.4, -0.2) is 25.9 Å². The molecule has 0 heterocycles. The molecule has 0 saturated carbocycles. The molecule has 0 aliphatic carbocycles. The average molecular weight is 361 g/mol. The van der Waals surface area contributed by atoms with Crippen LogP contribution in [0.1, 0.15) is 57.8 Å². The third kappa shape index (κ3) is 6.12. The van der Waals surface area contributed by atoms with E-state index < -0.39 is 15.6 Å². The number of carbonyl (C=O) groups excluding carboxylic acids is 1. The number of sulfonamides is 1. The molecule has 1 rings (SSSR count). The van der Waals surface area contributed by atoms with Gasteiger partial charge in [0.15, 0.2) is 0 Å². The maximum Gasteiger partial charge on any atom is 0.251 e. The van der Waals surface area contributed by atoms with Crippen LogP contribution in [0, 0.1) is 0 Å². The van der Waals surface area contributed by atoms with E-state index in [0.29, 0.717) is 0 Å². The maximum atomic E-state index is 12.4. The van der Waals surface area contributed by atoms with Gasteiger partial charge < -0.3 is 5.32 Å². The van der Waals surface area contributed by atoms with E-state index in [9.17, 15) is 13.2 Å². The average Bonchev–Trinajstić information content (AvgIpc) is 2.36. The second kappa shape index (κ2) is 7.64. The highest BCUT2D eigenvalue weighted by atomic mass is 35.5. The first-order chi connectivity index (χ1) is 10.5. The lowest BCUT2D eigenvalue weighted by Crippen LogP contribution is -2.40. The molecular formula is C16H25ClN2O3S. The van der Waals surface area contributed by atoms with Gasteiger partial charge in [-0.1, -0.05) is 24.9 Å². The Morgan fingerprint density at radius 3 is 2.43 bits per heavy atom. The molecule has 1 atom stereocenters. The predicted molar refractivity (Wildman–Crippen MR) is 93.4 cm³/mol. The van der Waals surface area contributed by atoms with Gasteiger partial charge in [-0.15, -0.1) is 0 Å². The van der Waals surface area contributed by atoms with Crippen molar-refractivity contribution in [3.63, 3.8) is 0 Å². The quantitative estimate of drug-likeness (QED) is 0.816. The van der Waals surface area contributed by atoms with Crippen molar-refractivity contribution in [1.82, 2.24) is 10.0 Å². The molecule has 0 radical (unpaired) electrons. The molecule has 7 heteroatoms. The van der Waals surface area contributed by atoms with Crippen LogP contribution in [0.25, 0.3) is 0 Å². The van der Waals surface area contributed by atoms with Crippen molar-refractivity contribution in [3.05, 3.63) is 28.8 Å². The van der Waals surface area contributed by atoms with Gasteiger partial charge in [0, 0.05) is 17.1 Å². The highest BCUT2D eigenvalue weighted by Gasteiger charge is 2.25. The summed E-state index contributed by atoms with van der Waals surface area (Å²) in [5.74, 6) is -0.310. The van der Waals surface area contributed by atoms with E-state index in [1.807, 2.05) is 13.8 Å². The fourth-order valence-electron chi connectivity index (χ4n) is 2.12. The Kier molecular flexibility index (Phi) is 6.62. The number of amides is 1. The first-order valence-corrected chi connectivity index (χ1v) is 9.47. The second-order valence-electron chi connectivity index (χ2n) is 6.66. The number of hydrogen-bond donors (Lipinski definition) is 2. The third-order valence-electron chi connectivity index (χ3n) is 3.02. The monoisotopic (exact) mass is 360 g/mol. The zero-order valence-corrected chi connectivity index (χ0v) is 15.8. The molecule has 0 fully saturated rings. The van der Waals surface area contributed by atoms with Crippen LogP contribution in [0.5, 0.6) is 0 Å². The lowest BCUT2D eigenvalue weighted by molar-refractivity contribution is 0.0938. The fraction of sp³-hybridized carbons (Fsp3) is 0.562. The summed E-state index contributed by atoms with van der Waals surface area (Å²) in [6.07, 6.45) is 1.81. The molecule has 0 saturated heterocycles. The van der Waals surface area contributed by atoms with Gasteiger partial charge in [-0.05, 0) is 52.3 Å².